The van der Waals surface area contributed by atoms with Gasteiger partial charge < -0.3 is 4.90 Å². The summed E-state index contributed by atoms with van der Waals surface area (Å²) in [6.45, 7) is 3.58. The molecule has 164 valence electrons. The van der Waals surface area contributed by atoms with E-state index in [2.05, 4.69) is 9.82 Å². The molecule has 1 amide bonds. The summed E-state index contributed by atoms with van der Waals surface area (Å²) in [7, 11) is -3.80. The van der Waals surface area contributed by atoms with E-state index in [1.165, 1.54) is 30.6 Å². The third kappa shape index (κ3) is 3.99. The molecule has 0 radical (unpaired) electrons. The largest absolute Gasteiger partial charge is 0.364 e. The van der Waals surface area contributed by atoms with Gasteiger partial charge in [0.25, 0.3) is 5.91 Å². The minimum absolute atomic E-state index is 0.110. The van der Waals surface area contributed by atoms with Crippen LogP contribution in [0.2, 0.25) is 0 Å². The van der Waals surface area contributed by atoms with E-state index in [1.807, 2.05) is 4.90 Å². The van der Waals surface area contributed by atoms with Gasteiger partial charge in [-0.15, -0.1) is 0 Å². The first-order chi connectivity index (χ1) is 14.7. The van der Waals surface area contributed by atoms with E-state index >= 15 is 0 Å². The van der Waals surface area contributed by atoms with Crippen molar-refractivity contribution in [2.75, 3.05) is 11.4 Å². The summed E-state index contributed by atoms with van der Waals surface area (Å²) in [6, 6.07) is 6.57. The average molecular weight is 448 g/mol. The fraction of sp³-hybridized carbons (Fsp3) is 0.333. The van der Waals surface area contributed by atoms with Crippen molar-refractivity contribution in [1.82, 2.24) is 14.3 Å². The Hall–Kier alpha value is -3.01. The van der Waals surface area contributed by atoms with Crippen LogP contribution in [0.1, 0.15) is 48.7 Å². The second kappa shape index (κ2) is 7.92. The normalized spacial score (nSPS) is 16.9. The van der Waals surface area contributed by atoms with E-state index < -0.39 is 32.8 Å². The van der Waals surface area contributed by atoms with Gasteiger partial charge in [-0.05, 0) is 57.0 Å². The van der Waals surface area contributed by atoms with Crippen LogP contribution < -0.4 is 9.62 Å². The monoisotopic (exact) mass is 448 g/mol. The smallest absolute Gasteiger partial charge is 0.268 e. The number of hydrogen-bond donors (Lipinski definition) is 1. The summed E-state index contributed by atoms with van der Waals surface area (Å²) in [6.07, 6.45) is 4.41. The van der Waals surface area contributed by atoms with Crippen molar-refractivity contribution in [3.8, 4) is 0 Å². The second-order valence-corrected chi connectivity index (χ2v) is 10.1. The van der Waals surface area contributed by atoms with Crippen LogP contribution in [0.4, 0.5) is 14.5 Å². The molecule has 1 unspecified atom stereocenters. The fourth-order valence-corrected chi connectivity index (χ4v) is 4.40. The molecule has 3 heterocycles. The van der Waals surface area contributed by atoms with Gasteiger partial charge in [0.1, 0.15) is 11.6 Å². The third-order valence-corrected chi connectivity index (χ3v) is 7.22. The zero-order chi connectivity index (χ0) is 22.3. The predicted octanol–water partition coefficient (Wildman–Crippen LogP) is 3.42. The number of sulfonamides is 1. The molecule has 4 rings (SSSR count). The van der Waals surface area contributed by atoms with E-state index in [9.17, 15) is 22.0 Å². The maximum Gasteiger partial charge on any atom is 0.268 e. The molecule has 1 aliphatic heterocycles. The van der Waals surface area contributed by atoms with Gasteiger partial charge in [0.15, 0.2) is 0 Å². The minimum atomic E-state index is -3.80. The summed E-state index contributed by atoms with van der Waals surface area (Å²) in [4.78, 5) is 14.5. The van der Waals surface area contributed by atoms with Crippen LogP contribution in [0.3, 0.4) is 0 Å². The maximum absolute atomic E-state index is 14.4. The molecule has 0 aliphatic carbocycles. The Morgan fingerprint density at radius 2 is 2.00 bits per heavy atom. The van der Waals surface area contributed by atoms with Gasteiger partial charge in [-0.1, -0.05) is 0 Å². The highest BCUT2D eigenvalue weighted by Crippen LogP contribution is 2.38. The Bertz CT molecular complexity index is 1260. The van der Waals surface area contributed by atoms with E-state index in [0.29, 0.717) is 24.2 Å². The topological polar surface area (TPSA) is 83.8 Å². The summed E-state index contributed by atoms with van der Waals surface area (Å²) >= 11 is 0. The molecule has 0 saturated carbocycles. The molecule has 1 atom stereocenters. The Morgan fingerprint density at radius 3 is 2.74 bits per heavy atom. The zero-order valence-electron chi connectivity index (χ0n) is 17.0. The van der Waals surface area contributed by atoms with Crippen molar-refractivity contribution in [2.24, 2.45) is 0 Å². The molecule has 1 aromatic carbocycles. The summed E-state index contributed by atoms with van der Waals surface area (Å²) in [5.41, 5.74) is 1.52. The molecule has 1 aliphatic rings. The molecule has 1 fully saturated rings. The molecule has 7 nitrogen and oxygen atoms in total. The first kappa shape index (κ1) is 21.2. The molecule has 31 heavy (non-hydrogen) atoms. The number of rotatable bonds is 5. The number of hydrogen-bond acceptors (Lipinski definition) is 5. The molecule has 0 bridgehead atoms. The number of halogens is 2. The Morgan fingerprint density at radius 1 is 1.23 bits per heavy atom. The van der Waals surface area contributed by atoms with Crippen molar-refractivity contribution >= 4 is 27.1 Å². The number of fused-ring (bicyclic) bond motifs is 1. The van der Waals surface area contributed by atoms with E-state index in [1.54, 1.807) is 18.3 Å². The molecular weight excluding hydrogens is 426 g/mol. The number of amides is 1. The van der Waals surface area contributed by atoms with Gasteiger partial charge in [-0.25, -0.2) is 26.4 Å². The molecule has 3 aromatic rings. The zero-order valence-corrected chi connectivity index (χ0v) is 17.9. The van der Waals surface area contributed by atoms with Crippen molar-refractivity contribution in [3.63, 3.8) is 0 Å². The predicted molar refractivity (Wildman–Crippen MR) is 112 cm³/mol. The average Bonchev–Trinajstić information content (AvgIpc) is 3.35. The van der Waals surface area contributed by atoms with E-state index in [4.69, 9.17) is 0 Å². The van der Waals surface area contributed by atoms with E-state index in [-0.39, 0.29) is 17.2 Å². The van der Waals surface area contributed by atoms with Crippen LogP contribution in [0.5, 0.6) is 0 Å². The molecule has 0 spiro atoms. The number of nitrogens with zero attached hydrogens (tertiary/aromatic N) is 3. The fourth-order valence-electron chi connectivity index (χ4n) is 3.79. The first-order valence-corrected chi connectivity index (χ1v) is 11.5. The lowest BCUT2D eigenvalue weighted by Gasteiger charge is -2.27. The van der Waals surface area contributed by atoms with Crippen LogP contribution in [-0.4, -0.2) is 35.7 Å². The van der Waals surface area contributed by atoms with Crippen LogP contribution >= 0.6 is 0 Å². The maximum atomic E-state index is 14.4. The Kier molecular flexibility index (Phi) is 5.42. The van der Waals surface area contributed by atoms with Gasteiger partial charge in [0.05, 0.1) is 28.6 Å². The molecule has 1 N–H and O–H groups in total. The SMILES string of the molecule is CC(C)S(=O)(=O)NC(=O)c1cnn2ccc(N3CCCC3c3cc(F)ccc3F)cc12. The highest BCUT2D eigenvalue weighted by atomic mass is 32.2. The van der Waals surface area contributed by atoms with Gasteiger partial charge in [0, 0.05) is 24.0 Å². The lowest BCUT2D eigenvalue weighted by molar-refractivity contribution is 0.0982. The number of aromatic nitrogens is 2. The minimum Gasteiger partial charge on any atom is -0.364 e. The van der Waals surface area contributed by atoms with Crippen LogP contribution in [0, 0.1) is 11.6 Å². The van der Waals surface area contributed by atoms with Gasteiger partial charge in [0.2, 0.25) is 10.0 Å². The van der Waals surface area contributed by atoms with Crippen molar-refractivity contribution < 1.29 is 22.0 Å². The first-order valence-electron chi connectivity index (χ1n) is 9.92. The number of carbonyl (C=O) groups is 1. The summed E-state index contributed by atoms with van der Waals surface area (Å²) < 4.78 is 55.8. The molecule has 10 heteroatoms. The van der Waals surface area contributed by atoms with Gasteiger partial charge >= 0.3 is 0 Å². The molecular formula is C21H22F2N4O3S. The van der Waals surface area contributed by atoms with Crippen LogP contribution in [0.25, 0.3) is 5.52 Å². The molecule has 1 saturated heterocycles. The number of anilines is 1. The van der Waals surface area contributed by atoms with Gasteiger partial charge in [-0.2, -0.15) is 5.10 Å². The van der Waals surface area contributed by atoms with E-state index in [0.717, 1.165) is 18.6 Å². The van der Waals surface area contributed by atoms with Crippen molar-refractivity contribution in [2.45, 2.75) is 38.0 Å². The number of benzene rings is 1. The molecule has 2 aromatic heterocycles. The summed E-state index contributed by atoms with van der Waals surface area (Å²) in [5, 5.41) is 3.35. The quantitative estimate of drug-likeness (QED) is 0.647. The Balaban J connectivity index is 1.70. The van der Waals surface area contributed by atoms with Gasteiger partial charge in [-0.3, -0.25) is 4.79 Å². The third-order valence-electron chi connectivity index (χ3n) is 5.51. The van der Waals surface area contributed by atoms with Crippen molar-refractivity contribution in [3.05, 3.63) is 65.5 Å². The standard InChI is InChI=1S/C21H22F2N4O3S/c1-13(2)31(29,30)25-21(28)17-12-24-27-9-7-15(11-20(17)27)26-8-3-4-19(26)16-10-14(22)5-6-18(16)23/h5-7,9-13,19H,3-4,8H2,1-2H3,(H,25,28). The van der Waals surface area contributed by atoms with Crippen LogP contribution in [0.15, 0.2) is 42.7 Å². The summed E-state index contributed by atoms with van der Waals surface area (Å²) in [5.74, 6) is -1.74. The van der Waals surface area contributed by atoms with Crippen LogP contribution in [-0.2, 0) is 10.0 Å². The number of pyridine rings is 1. The number of nitrogens with one attached hydrogen (secondary N) is 1. The Labute approximate surface area is 178 Å². The lowest BCUT2D eigenvalue weighted by Crippen LogP contribution is -2.35. The highest BCUT2D eigenvalue weighted by molar-refractivity contribution is 7.90. The lowest BCUT2D eigenvalue weighted by atomic mass is 10.0. The number of carbonyl (C=O) groups excluding carboxylic acids is 1. The van der Waals surface area contributed by atoms with Crippen molar-refractivity contribution in [1.29, 1.82) is 0 Å². The highest BCUT2D eigenvalue weighted by Gasteiger charge is 2.29. The second-order valence-electron chi connectivity index (χ2n) is 7.82.